The van der Waals surface area contributed by atoms with Gasteiger partial charge in [-0.15, -0.1) is 0 Å². The largest absolute Gasteiger partial charge is 0.444 e. The van der Waals surface area contributed by atoms with Crippen LogP contribution < -0.4 is 5.32 Å². The predicted molar refractivity (Wildman–Crippen MR) is 104 cm³/mol. The van der Waals surface area contributed by atoms with E-state index in [4.69, 9.17) is 4.74 Å². The smallest absolute Gasteiger partial charge is 0.410 e. The number of carbonyl (C=O) groups excluding carboxylic acids is 2. The van der Waals surface area contributed by atoms with Crippen molar-refractivity contribution in [2.24, 2.45) is 0 Å². The van der Waals surface area contributed by atoms with E-state index in [0.29, 0.717) is 26.2 Å². The molecule has 1 fully saturated rings. The highest BCUT2D eigenvalue weighted by Gasteiger charge is 2.27. The van der Waals surface area contributed by atoms with E-state index in [-0.39, 0.29) is 12.1 Å². The van der Waals surface area contributed by atoms with E-state index in [0.717, 1.165) is 11.4 Å². The van der Waals surface area contributed by atoms with Gasteiger partial charge in [0, 0.05) is 49.9 Å². The Balaban J connectivity index is 1.54. The fraction of sp³-hybridized carbons (Fsp3) is 0.400. The minimum absolute atomic E-state index is 0.163. The molecule has 0 atom stereocenters. The summed E-state index contributed by atoms with van der Waals surface area (Å²) >= 11 is 0. The highest BCUT2D eigenvalue weighted by atomic mass is 16.6. The molecule has 0 spiro atoms. The summed E-state index contributed by atoms with van der Waals surface area (Å²) in [6, 6.07) is 11.4. The summed E-state index contributed by atoms with van der Waals surface area (Å²) in [4.78, 5) is 28.0. The number of nitrogens with zero attached hydrogens (tertiary/aromatic N) is 3. The molecule has 0 unspecified atom stereocenters. The first-order chi connectivity index (χ1) is 12.8. The monoisotopic (exact) mass is 370 g/mol. The Labute approximate surface area is 159 Å². The third-order valence-corrected chi connectivity index (χ3v) is 4.22. The molecular formula is C20H26N4O3. The Morgan fingerprint density at radius 1 is 0.963 bits per heavy atom. The van der Waals surface area contributed by atoms with Crippen LogP contribution in [0.3, 0.4) is 0 Å². The number of carbonyl (C=O) groups is 2. The molecule has 27 heavy (non-hydrogen) atoms. The third kappa shape index (κ3) is 5.03. The van der Waals surface area contributed by atoms with Gasteiger partial charge in [-0.25, -0.2) is 9.59 Å². The van der Waals surface area contributed by atoms with E-state index in [2.05, 4.69) is 5.32 Å². The van der Waals surface area contributed by atoms with Crippen molar-refractivity contribution in [1.82, 2.24) is 14.4 Å². The maximum Gasteiger partial charge on any atom is 0.410 e. The van der Waals surface area contributed by atoms with Crippen LogP contribution in [0.5, 0.6) is 0 Å². The molecule has 3 rings (SSSR count). The van der Waals surface area contributed by atoms with Crippen molar-refractivity contribution in [2.45, 2.75) is 26.4 Å². The van der Waals surface area contributed by atoms with Gasteiger partial charge in [-0.3, -0.25) is 0 Å². The summed E-state index contributed by atoms with van der Waals surface area (Å²) in [6.07, 6.45) is 3.58. The second-order valence-corrected chi connectivity index (χ2v) is 7.53. The van der Waals surface area contributed by atoms with Gasteiger partial charge in [-0.2, -0.15) is 0 Å². The van der Waals surface area contributed by atoms with Crippen molar-refractivity contribution in [3.8, 4) is 5.69 Å². The minimum Gasteiger partial charge on any atom is -0.444 e. The van der Waals surface area contributed by atoms with Crippen LogP contribution in [0.15, 0.2) is 48.8 Å². The van der Waals surface area contributed by atoms with Crippen molar-refractivity contribution in [1.29, 1.82) is 0 Å². The fourth-order valence-corrected chi connectivity index (χ4v) is 2.87. The molecule has 1 saturated heterocycles. The summed E-state index contributed by atoms with van der Waals surface area (Å²) < 4.78 is 7.36. The van der Waals surface area contributed by atoms with E-state index in [1.165, 1.54) is 0 Å². The van der Waals surface area contributed by atoms with Crippen LogP contribution in [0.4, 0.5) is 15.3 Å². The number of piperazine rings is 1. The molecule has 0 saturated carbocycles. The van der Waals surface area contributed by atoms with Crippen molar-refractivity contribution >= 4 is 17.8 Å². The van der Waals surface area contributed by atoms with E-state index in [1.807, 2.05) is 74.1 Å². The molecule has 7 nitrogen and oxygen atoms in total. The fourth-order valence-electron chi connectivity index (χ4n) is 2.87. The normalized spacial score (nSPS) is 14.8. The van der Waals surface area contributed by atoms with Crippen LogP contribution >= 0.6 is 0 Å². The van der Waals surface area contributed by atoms with Crippen LogP contribution in [0.2, 0.25) is 0 Å². The second-order valence-electron chi connectivity index (χ2n) is 7.53. The molecule has 0 bridgehead atoms. The highest BCUT2D eigenvalue weighted by molar-refractivity contribution is 5.89. The van der Waals surface area contributed by atoms with E-state index in [9.17, 15) is 9.59 Å². The predicted octanol–water partition coefficient (Wildman–Crippen LogP) is 3.56. The van der Waals surface area contributed by atoms with Gasteiger partial charge in [0.05, 0.1) is 0 Å². The van der Waals surface area contributed by atoms with Gasteiger partial charge in [0.1, 0.15) is 5.60 Å². The lowest BCUT2D eigenvalue weighted by Gasteiger charge is -2.35. The van der Waals surface area contributed by atoms with E-state index >= 15 is 0 Å². The second kappa shape index (κ2) is 7.73. The first-order valence-corrected chi connectivity index (χ1v) is 9.09. The topological polar surface area (TPSA) is 66.8 Å². The van der Waals surface area contributed by atoms with Gasteiger partial charge in [0.15, 0.2) is 0 Å². The Morgan fingerprint density at radius 3 is 2.22 bits per heavy atom. The third-order valence-electron chi connectivity index (χ3n) is 4.22. The molecule has 7 heteroatoms. The van der Waals surface area contributed by atoms with E-state index in [1.54, 1.807) is 9.80 Å². The maximum absolute atomic E-state index is 12.5. The molecule has 0 radical (unpaired) electrons. The Kier molecular flexibility index (Phi) is 5.39. The lowest BCUT2D eigenvalue weighted by atomic mass is 10.2. The number of hydrogen-bond donors (Lipinski definition) is 1. The van der Waals surface area contributed by atoms with Crippen LogP contribution in [0.25, 0.3) is 5.69 Å². The van der Waals surface area contributed by atoms with Gasteiger partial charge in [-0.05, 0) is 51.1 Å². The standard InChI is InChI=1S/C20H26N4O3/c1-20(2,3)27-19(26)24-13-11-23(12-14-24)18(25)21-16-7-6-8-17(15-16)22-9-4-5-10-22/h4-10,15H,11-14H2,1-3H3,(H,21,25). The molecule has 1 aliphatic rings. The maximum atomic E-state index is 12.5. The molecular weight excluding hydrogens is 344 g/mol. The van der Waals surface area contributed by atoms with Gasteiger partial charge in [-0.1, -0.05) is 6.07 Å². The number of hydrogen-bond acceptors (Lipinski definition) is 3. The van der Waals surface area contributed by atoms with Crippen LogP contribution in [0, 0.1) is 0 Å². The number of rotatable bonds is 2. The number of anilines is 1. The zero-order valence-corrected chi connectivity index (χ0v) is 16.0. The van der Waals surface area contributed by atoms with Gasteiger partial charge < -0.3 is 24.4 Å². The number of benzene rings is 1. The molecule has 2 aromatic rings. The van der Waals surface area contributed by atoms with Crippen molar-refractivity contribution < 1.29 is 14.3 Å². The first-order valence-electron chi connectivity index (χ1n) is 9.09. The lowest BCUT2D eigenvalue weighted by Crippen LogP contribution is -2.52. The highest BCUT2D eigenvalue weighted by Crippen LogP contribution is 2.16. The quantitative estimate of drug-likeness (QED) is 0.879. The summed E-state index contributed by atoms with van der Waals surface area (Å²) in [5.41, 5.74) is 1.20. The number of urea groups is 1. The number of amides is 3. The van der Waals surface area contributed by atoms with Gasteiger partial charge >= 0.3 is 12.1 Å². The van der Waals surface area contributed by atoms with Gasteiger partial charge in [0.2, 0.25) is 0 Å². The number of ether oxygens (including phenoxy) is 1. The molecule has 2 heterocycles. The van der Waals surface area contributed by atoms with Crippen LogP contribution in [-0.2, 0) is 4.74 Å². The molecule has 1 aromatic heterocycles. The average Bonchev–Trinajstić information content (AvgIpc) is 3.15. The first kappa shape index (κ1) is 18.8. The number of aromatic nitrogens is 1. The number of nitrogens with one attached hydrogen (secondary N) is 1. The van der Waals surface area contributed by atoms with E-state index < -0.39 is 5.60 Å². The summed E-state index contributed by atoms with van der Waals surface area (Å²) in [5, 5.41) is 2.94. The SMILES string of the molecule is CC(C)(C)OC(=O)N1CCN(C(=O)Nc2cccc(-n3cccc3)c2)CC1. The minimum atomic E-state index is -0.518. The Hall–Kier alpha value is -2.96. The molecule has 1 aromatic carbocycles. The molecule has 1 N–H and O–H groups in total. The van der Waals surface area contributed by atoms with Gasteiger partial charge in [0.25, 0.3) is 0 Å². The van der Waals surface area contributed by atoms with Crippen molar-refractivity contribution in [2.75, 3.05) is 31.5 Å². The summed E-state index contributed by atoms with van der Waals surface area (Å²) in [7, 11) is 0. The summed E-state index contributed by atoms with van der Waals surface area (Å²) in [6.45, 7) is 7.41. The zero-order valence-electron chi connectivity index (χ0n) is 16.0. The van der Waals surface area contributed by atoms with Crippen LogP contribution in [0.1, 0.15) is 20.8 Å². The van der Waals surface area contributed by atoms with Crippen LogP contribution in [-0.4, -0.2) is 58.3 Å². The molecule has 1 aliphatic heterocycles. The average molecular weight is 370 g/mol. The van der Waals surface area contributed by atoms with Crippen molar-refractivity contribution in [3.05, 3.63) is 48.8 Å². The van der Waals surface area contributed by atoms with Crippen molar-refractivity contribution in [3.63, 3.8) is 0 Å². The molecule has 0 aliphatic carbocycles. The lowest BCUT2D eigenvalue weighted by molar-refractivity contribution is 0.0174. The molecule has 3 amide bonds. The molecule has 144 valence electrons. The Bertz CT molecular complexity index is 788. The summed E-state index contributed by atoms with van der Waals surface area (Å²) in [5.74, 6) is 0. The Morgan fingerprint density at radius 2 is 1.59 bits per heavy atom. The zero-order chi connectivity index (χ0) is 19.4.